The first-order chi connectivity index (χ1) is 9.06. The summed E-state index contributed by atoms with van der Waals surface area (Å²) in [5.74, 6) is -0.0826. The van der Waals surface area contributed by atoms with Gasteiger partial charge in [0.25, 0.3) is 0 Å². The highest BCUT2D eigenvalue weighted by Gasteiger charge is 2.35. The van der Waals surface area contributed by atoms with Gasteiger partial charge in [0.1, 0.15) is 0 Å². The molecule has 1 aromatic carbocycles. The molecule has 1 aliphatic rings. The van der Waals surface area contributed by atoms with E-state index in [-0.39, 0.29) is 12.5 Å². The van der Waals surface area contributed by atoms with Crippen molar-refractivity contribution in [3.05, 3.63) is 33.8 Å². The van der Waals surface area contributed by atoms with Gasteiger partial charge in [-0.1, -0.05) is 28.1 Å². The van der Waals surface area contributed by atoms with Gasteiger partial charge in [-0.3, -0.25) is 4.79 Å². The van der Waals surface area contributed by atoms with Crippen LogP contribution in [0.25, 0.3) is 0 Å². The molecule has 19 heavy (non-hydrogen) atoms. The number of hydrogen-bond donors (Lipinski definition) is 2. The zero-order chi connectivity index (χ0) is 13.9. The van der Waals surface area contributed by atoms with Crippen LogP contribution in [0.5, 0.6) is 0 Å². The second-order valence-electron chi connectivity index (χ2n) is 4.99. The second-order valence-corrected chi connectivity index (χ2v) is 5.84. The minimum Gasteiger partial charge on any atom is -0.394 e. The largest absolute Gasteiger partial charge is 0.394 e. The molecule has 1 fully saturated rings. The molecule has 5 heteroatoms. The molecular weight excluding hydrogens is 310 g/mol. The Morgan fingerprint density at radius 3 is 3.00 bits per heavy atom. The Morgan fingerprint density at radius 1 is 1.58 bits per heavy atom. The molecule has 0 bridgehead atoms. The summed E-state index contributed by atoms with van der Waals surface area (Å²) in [4.78, 5) is 12.1. The molecule has 0 radical (unpaired) electrons. The van der Waals surface area contributed by atoms with Crippen LogP contribution in [0.2, 0.25) is 0 Å². The lowest BCUT2D eigenvalue weighted by molar-refractivity contribution is -0.123. The first-order valence-corrected chi connectivity index (χ1v) is 7.09. The number of carbonyl (C=O) groups excluding carboxylic acids is 1. The molecule has 4 nitrogen and oxygen atoms in total. The van der Waals surface area contributed by atoms with Gasteiger partial charge in [0, 0.05) is 11.1 Å². The van der Waals surface area contributed by atoms with E-state index in [4.69, 9.17) is 4.74 Å². The Kier molecular flexibility index (Phi) is 4.60. The first-order valence-electron chi connectivity index (χ1n) is 6.30. The molecule has 1 saturated heterocycles. The topological polar surface area (TPSA) is 58.6 Å². The van der Waals surface area contributed by atoms with Crippen molar-refractivity contribution in [1.29, 1.82) is 0 Å². The molecule has 104 valence electrons. The molecule has 1 aliphatic heterocycles. The fourth-order valence-corrected chi connectivity index (χ4v) is 2.63. The van der Waals surface area contributed by atoms with Crippen molar-refractivity contribution in [3.63, 3.8) is 0 Å². The van der Waals surface area contributed by atoms with Crippen LogP contribution in [0, 0.1) is 6.92 Å². The highest BCUT2D eigenvalue weighted by atomic mass is 79.9. The standard InChI is InChI=1S/C14H18BrNO3/c1-10-11(3-2-4-12(10)15)7-13(18)16-14(8-17)5-6-19-9-14/h2-4,17H,5-9H2,1H3,(H,16,18). The van der Waals surface area contributed by atoms with Gasteiger partial charge in [0.2, 0.25) is 5.91 Å². The predicted molar refractivity (Wildman–Crippen MR) is 76.0 cm³/mol. The minimum atomic E-state index is -0.600. The number of aliphatic hydroxyl groups is 1. The maximum absolute atomic E-state index is 12.1. The normalized spacial score (nSPS) is 22.5. The number of benzene rings is 1. The van der Waals surface area contributed by atoms with Crippen molar-refractivity contribution in [1.82, 2.24) is 5.32 Å². The SMILES string of the molecule is Cc1c(Br)cccc1CC(=O)NC1(CO)CCOC1. The molecule has 1 atom stereocenters. The van der Waals surface area contributed by atoms with Crippen molar-refractivity contribution >= 4 is 21.8 Å². The lowest BCUT2D eigenvalue weighted by atomic mass is 9.98. The average molecular weight is 328 g/mol. The third-order valence-corrected chi connectivity index (χ3v) is 4.40. The highest BCUT2D eigenvalue weighted by molar-refractivity contribution is 9.10. The van der Waals surface area contributed by atoms with Crippen molar-refractivity contribution in [2.75, 3.05) is 19.8 Å². The average Bonchev–Trinajstić information content (AvgIpc) is 2.84. The number of carbonyl (C=O) groups is 1. The summed E-state index contributed by atoms with van der Waals surface area (Å²) in [5.41, 5.74) is 1.45. The van der Waals surface area contributed by atoms with Gasteiger partial charge < -0.3 is 15.2 Å². The molecule has 0 spiro atoms. The molecule has 1 aromatic rings. The van der Waals surface area contributed by atoms with Gasteiger partial charge in [-0.15, -0.1) is 0 Å². The number of aliphatic hydroxyl groups excluding tert-OH is 1. The number of hydrogen-bond acceptors (Lipinski definition) is 3. The van der Waals surface area contributed by atoms with Gasteiger partial charge in [-0.2, -0.15) is 0 Å². The van der Waals surface area contributed by atoms with E-state index in [0.29, 0.717) is 26.1 Å². The van der Waals surface area contributed by atoms with Crippen molar-refractivity contribution in [2.24, 2.45) is 0 Å². The van der Waals surface area contributed by atoms with Gasteiger partial charge >= 0.3 is 0 Å². The van der Waals surface area contributed by atoms with Gasteiger partial charge in [0.05, 0.1) is 25.2 Å². The summed E-state index contributed by atoms with van der Waals surface area (Å²) in [6.07, 6.45) is 0.972. The summed E-state index contributed by atoms with van der Waals surface area (Å²) in [6, 6.07) is 5.81. The van der Waals surface area contributed by atoms with Crippen molar-refractivity contribution in [2.45, 2.75) is 25.3 Å². The molecule has 0 aromatic heterocycles. The summed E-state index contributed by atoms with van der Waals surface area (Å²) < 4.78 is 6.26. The van der Waals surface area contributed by atoms with Gasteiger partial charge in [0.15, 0.2) is 0 Å². The fraction of sp³-hybridized carbons (Fsp3) is 0.500. The van der Waals surface area contributed by atoms with Crippen molar-refractivity contribution in [3.8, 4) is 0 Å². The number of halogens is 1. The van der Waals surface area contributed by atoms with Crippen LogP contribution in [0.4, 0.5) is 0 Å². The van der Waals surface area contributed by atoms with Crippen LogP contribution in [0.1, 0.15) is 17.5 Å². The van der Waals surface area contributed by atoms with Gasteiger partial charge in [-0.25, -0.2) is 0 Å². The number of rotatable bonds is 4. The molecule has 2 rings (SSSR count). The minimum absolute atomic E-state index is 0.0826. The van der Waals surface area contributed by atoms with Crippen LogP contribution in [-0.4, -0.2) is 36.4 Å². The van der Waals surface area contributed by atoms with E-state index in [9.17, 15) is 9.90 Å². The summed E-state index contributed by atoms with van der Waals surface area (Å²) in [6.45, 7) is 2.85. The fourth-order valence-electron chi connectivity index (χ4n) is 2.23. The quantitative estimate of drug-likeness (QED) is 0.882. The zero-order valence-corrected chi connectivity index (χ0v) is 12.5. The molecule has 1 unspecified atom stereocenters. The van der Waals surface area contributed by atoms with E-state index in [0.717, 1.165) is 15.6 Å². The van der Waals surface area contributed by atoms with E-state index in [1.807, 2.05) is 25.1 Å². The zero-order valence-electron chi connectivity index (χ0n) is 10.9. The third-order valence-electron chi connectivity index (χ3n) is 3.54. The monoisotopic (exact) mass is 327 g/mol. The van der Waals surface area contributed by atoms with E-state index in [1.165, 1.54) is 0 Å². The first kappa shape index (κ1) is 14.5. The van der Waals surface area contributed by atoms with Crippen LogP contribution in [0.3, 0.4) is 0 Å². The van der Waals surface area contributed by atoms with Crippen LogP contribution >= 0.6 is 15.9 Å². The predicted octanol–water partition coefficient (Wildman–Crippen LogP) is 1.57. The second kappa shape index (κ2) is 6.03. The molecule has 2 N–H and O–H groups in total. The number of amides is 1. The Morgan fingerprint density at radius 2 is 2.37 bits per heavy atom. The Hall–Kier alpha value is -0.910. The van der Waals surface area contributed by atoms with E-state index < -0.39 is 5.54 Å². The Balaban J connectivity index is 2.03. The van der Waals surface area contributed by atoms with Crippen LogP contribution in [-0.2, 0) is 16.0 Å². The van der Waals surface area contributed by atoms with Crippen LogP contribution in [0.15, 0.2) is 22.7 Å². The van der Waals surface area contributed by atoms with Crippen molar-refractivity contribution < 1.29 is 14.6 Å². The number of nitrogens with one attached hydrogen (secondary N) is 1. The maximum atomic E-state index is 12.1. The van der Waals surface area contributed by atoms with Gasteiger partial charge in [-0.05, 0) is 30.5 Å². The summed E-state index contributed by atoms with van der Waals surface area (Å²) in [7, 11) is 0. The highest BCUT2D eigenvalue weighted by Crippen LogP contribution is 2.21. The molecular formula is C14H18BrNO3. The van der Waals surface area contributed by atoms with E-state index in [1.54, 1.807) is 0 Å². The summed E-state index contributed by atoms with van der Waals surface area (Å²) in [5, 5.41) is 12.3. The molecule has 1 heterocycles. The summed E-state index contributed by atoms with van der Waals surface area (Å²) >= 11 is 3.46. The van der Waals surface area contributed by atoms with E-state index in [2.05, 4.69) is 21.2 Å². The number of ether oxygens (including phenoxy) is 1. The Labute approximate surface area is 121 Å². The lowest BCUT2D eigenvalue weighted by Crippen LogP contribution is -2.52. The molecule has 1 amide bonds. The molecule has 0 saturated carbocycles. The lowest BCUT2D eigenvalue weighted by Gasteiger charge is -2.26. The maximum Gasteiger partial charge on any atom is 0.225 e. The third kappa shape index (κ3) is 3.35. The smallest absolute Gasteiger partial charge is 0.225 e. The molecule has 0 aliphatic carbocycles. The Bertz CT molecular complexity index is 470. The van der Waals surface area contributed by atoms with Crippen LogP contribution < -0.4 is 5.32 Å². The van der Waals surface area contributed by atoms with E-state index >= 15 is 0 Å².